The normalized spacial score (nSPS) is 22.2. The molecule has 0 unspecified atom stereocenters. The van der Waals surface area contributed by atoms with E-state index in [1.54, 1.807) is 0 Å². The first-order valence-corrected chi connectivity index (χ1v) is 6.32. The maximum Gasteiger partial charge on any atom is 0.0501 e. The molecule has 0 N–H and O–H groups in total. The third-order valence-electron chi connectivity index (χ3n) is 2.69. The second-order valence-corrected chi connectivity index (χ2v) is 4.60. The molecule has 0 atom stereocenters. The van der Waals surface area contributed by atoms with Crippen molar-refractivity contribution in [2.45, 2.75) is 21.3 Å². The van der Waals surface area contributed by atoms with E-state index in [0.29, 0.717) is 0 Å². The van der Waals surface area contributed by atoms with Crippen LogP contribution in [0, 0.1) is 0 Å². The molecule has 0 aliphatic carbocycles. The van der Waals surface area contributed by atoms with E-state index in [1.165, 1.54) is 26.2 Å². The number of hydrogen-bond donors (Lipinski definition) is 0. The monoisotopic (exact) mass is 246 g/mol. The van der Waals surface area contributed by atoms with Crippen molar-refractivity contribution in [1.29, 1.82) is 0 Å². The van der Waals surface area contributed by atoms with Crippen molar-refractivity contribution in [1.82, 2.24) is 19.6 Å². The molecule has 2 rings (SSSR count). The van der Waals surface area contributed by atoms with Crippen LogP contribution in [-0.4, -0.2) is 87.3 Å². The lowest BCUT2D eigenvalue weighted by molar-refractivity contribution is 0.318. The van der Waals surface area contributed by atoms with Gasteiger partial charge in [0.2, 0.25) is 0 Å². The van der Waals surface area contributed by atoms with Gasteiger partial charge in [0.25, 0.3) is 0 Å². The van der Waals surface area contributed by atoms with E-state index in [1.807, 2.05) is 13.8 Å². The number of hydrogen-bond acceptors (Lipinski definition) is 4. The lowest BCUT2D eigenvalue weighted by Gasteiger charge is -2.06. The molecule has 4 nitrogen and oxygen atoms in total. The Morgan fingerprint density at radius 3 is 0.765 bits per heavy atom. The van der Waals surface area contributed by atoms with Gasteiger partial charge < -0.3 is 0 Å². The molecule has 2 aliphatic heterocycles. The largest absolute Gasteiger partial charge is 0.292 e. The summed E-state index contributed by atoms with van der Waals surface area (Å²) in [4.78, 5) is 9.22. The van der Waals surface area contributed by atoms with Crippen LogP contribution in [0.3, 0.4) is 0 Å². The zero-order valence-corrected chi connectivity index (χ0v) is 12.0. The molecular formula is C13H34N4. The van der Waals surface area contributed by atoms with Gasteiger partial charge in [0, 0.05) is 26.2 Å². The van der Waals surface area contributed by atoms with Crippen LogP contribution in [0.4, 0.5) is 0 Å². The average Bonchev–Trinajstić information content (AvgIpc) is 2.80. The van der Waals surface area contributed by atoms with E-state index >= 15 is 0 Å². The SMILES string of the molecule is C.CC.CN1CCN(C)C1.CN1CCN(C)C1. The molecule has 2 fully saturated rings. The fraction of sp³-hybridized carbons (Fsp3) is 1.00. The predicted molar refractivity (Wildman–Crippen MR) is 78.3 cm³/mol. The molecule has 0 aromatic rings. The van der Waals surface area contributed by atoms with E-state index in [4.69, 9.17) is 0 Å². The van der Waals surface area contributed by atoms with Gasteiger partial charge in [0.1, 0.15) is 0 Å². The summed E-state index contributed by atoms with van der Waals surface area (Å²) in [5, 5.41) is 0. The van der Waals surface area contributed by atoms with E-state index < -0.39 is 0 Å². The standard InChI is InChI=1S/2C5H12N2.C2H6.CH4/c2*1-6-3-4-7(2)5-6;1-2;/h2*3-5H2,1-2H3;1-2H3;1H4. The smallest absolute Gasteiger partial charge is 0.0501 e. The molecule has 0 saturated carbocycles. The van der Waals surface area contributed by atoms with Crippen molar-refractivity contribution in [2.24, 2.45) is 0 Å². The van der Waals surface area contributed by atoms with Gasteiger partial charge in [-0.15, -0.1) is 0 Å². The van der Waals surface area contributed by atoms with Gasteiger partial charge in [-0.1, -0.05) is 21.3 Å². The van der Waals surface area contributed by atoms with Crippen molar-refractivity contribution in [2.75, 3.05) is 67.7 Å². The van der Waals surface area contributed by atoms with E-state index in [9.17, 15) is 0 Å². The summed E-state index contributed by atoms with van der Waals surface area (Å²) < 4.78 is 0. The lowest BCUT2D eigenvalue weighted by Crippen LogP contribution is -2.18. The maximum absolute atomic E-state index is 2.31. The average molecular weight is 246 g/mol. The van der Waals surface area contributed by atoms with Crippen LogP contribution in [0.2, 0.25) is 0 Å². The first-order valence-electron chi connectivity index (χ1n) is 6.32. The Labute approximate surface area is 109 Å². The fourth-order valence-electron chi connectivity index (χ4n) is 1.79. The van der Waals surface area contributed by atoms with Crippen LogP contribution < -0.4 is 0 Å². The quantitative estimate of drug-likeness (QED) is 0.639. The third-order valence-corrected chi connectivity index (χ3v) is 2.69. The Morgan fingerprint density at radius 2 is 0.706 bits per heavy atom. The molecule has 0 amide bonds. The molecule has 0 spiro atoms. The highest BCUT2D eigenvalue weighted by molar-refractivity contribution is 4.62. The summed E-state index contributed by atoms with van der Waals surface area (Å²) in [6.07, 6.45) is 0. The van der Waals surface area contributed by atoms with Gasteiger partial charge in [-0.3, -0.25) is 19.6 Å². The Balaban J connectivity index is 0. The van der Waals surface area contributed by atoms with Crippen LogP contribution in [0.15, 0.2) is 0 Å². The first kappa shape index (κ1) is 19.2. The van der Waals surface area contributed by atoms with Gasteiger partial charge in [-0.2, -0.15) is 0 Å². The lowest BCUT2D eigenvalue weighted by atomic mass is 10.6. The zero-order valence-electron chi connectivity index (χ0n) is 12.0. The first-order chi connectivity index (χ1) is 7.58. The van der Waals surface area contributed by atoms with Crippen molar-refractivity contribution < 1.29 is 0 Å². The number of nitrogens with zero attached hydrogens (tertiary/aromatic N) is 4. The summed E-state index contributed by atoms with van der Waals surface area (Å²) in [5.41, 5.74) is 0. The highest BCUT2D eigenvalue weighted by Crippen LogP contribution is 1.96. The highest BCUT2D eigenvalue weighted by Gasteiger charge is 2.10. The highest BCUT2D eigenvalue weighted by atomic mass is 15.3. The minimum atomic E-state index is 0. The summed E-state index contributed by atoms with van der Waals surface area (Å²) >= 11 is 0. The Morgan fingerprint density at radius 1 is 0.529 bits per heavy atom. The van der Waals surface area contributed by atoms with Crippen molar-refractivity contribution in [3.05, 3.63) is 0 Å². The summed E-state index contributed by atoms with van der Waals surface area (Å²) in [7, 11) is 8.57. The third kappa shape index (κ3) is 9.53. The van der Waals surface area contributed by atoms with Gasteiger partial charge in [0.05, 0.1) is 13.3 Å². The van der Waals surface area contributed by atoms with E-state index in [-0.39, 0.29) is 7.43 Å². The Bertz CT molecular complexity index is 129. The molecule has 2 saturated heterocycles. The van der Waals surface area contributed by atoms with Crippen LogP contribution >= 0.6 is 0 Å². The van der Waals surface area contributed by atoms with Crippen LogP contribution in [-0.2, 0) is 0 Å². The molecule has 0 aromatic carbocycles. The van der Waals surface area contributed by atoms with Crippen LogP contribution in [0.5, 0.6) is 0 Å². The summed E-state index contributed by atoms with van der Waals surface area (Å²) in [6, 6.07) is 0. The molecule has 0 aromatic heterocycles. The van der Waals surface area contributed by atoms with Gasteiger partial charge in [-0.05, 0) is 28.2 Å². The summed E-state index contributed by atoms with van der Waals surface area (Å²) in [6.45, 7) is 11.2. The molecule has 2 aliphatic rings. The topological polar surface area (TPSA) is 13.0 Å². The second kappa shape index (κ2) is 11.0. The van der Waals surface area contributed by atoms with Gasteiger partial charge in [-0.25, -0.2) is 0 Å². The number of likely N-dealkylation sites (N-methyl/N-ethyl adjacent to an activating group) is 4. The minimum absolute atomic E-state index is 0. The minimum Gasteiger partial charge on any atom is -0.292 e. The fourth-order valence-corrected chi connectivity index (χ4v) is 1.79. The molecule has 106 valence electrons. The Hall–Kier alpha value is -0.160. The molecule has 0 bridgehead atoms. The van der Waals surface area contributed by atoms with E-state index in [0.717, 1.165) is 13.3 Å². The van der Waals surface area contributed by atoms with E-state index in [2.05, 4.69) is 47.8 Å². The predicted octanol–water partition coefficient (Wildman–Crippen LogP) is 1.30. The summed E-state index contributed by atoms with van der Waals surface area (Å²) in [5.74, 6) is 0. The number of rotatable bonds is 0. The van der Waals surface area contributed by atoms with Crippen molar-refractivity contribution in [3.63, 3.8) is 0 Å². The maximum atomic E-state index is 2.31. The van der Waals surface area contributed by atoms with Crippen molar-refractivity contribution in [3.8, 4) is 0 Å². The van der Waals surface area contributed by atoms with Crippen LogP contribution in [0.25, 0.3) is 0 Å². The van der Waals surface area contributed by atoms with Gasteiger partial charge in [0.15, 0.2) is 0 Å². The van der Waals surface area contributed by atoms with Gasteiger partial charge >= 0.3 is 0 Å². The second-order valence-electron chi connectivity index (χ2n) is 4.60. The molecule has 2 heterocycles. The molecule has 4 heteroatoms. The molecule has 0 radical (unpaired) electrons. The Kier molecular flexibility index (Phi) is 12.4. The van der Waals surface area contributed by atoms with Crippen molar-refractivity contribution >= 4 is 0 Å². The zero-order chi connectivity index (χ0) is 12.6. The molecular weight excluding hydrogens is 212 g/mol. The molecule has 17 heavy (non-hydrogen) atoms. The van der Waals surface area contributed by atoms with Crippen LogP contribution in [0.1, 0.15) is 21.3 Å².